The molecule has 0 amide bonds. The van der Waals surface area contributed by atoms with Crippen LogP contribution in [-0.4, -0.2) is 5.54 Å². The molecule has 0 aliphatic rings. The van der Waals surface area contributed by atoms with Crippen LogP contribution in [-0.2, 0) is 6.42 Å². The van der Waals surface area contributed by atoms with E-state index >= 15 is 0 Å². The van der Waals surface area contributed by atoms with E-state index in [0.717, 1.165) is 11.4 Å². The standard InChI is InChI=1S/C11H16ClN/c1-8-6-10(12)5-4-9(8)7-11(2,3)13/h4-6H,7,13H2,1-3H3. The molecule has 0 spiro atoms. The third kappa shape index (κ3) is 3.37. The Kier molecular flexibility index (Phi) is 2.99. The molecule has 1 rings (SSSR count). The smallest absolute Gasteiger partial charge is 0.0408 e. The summed E-state index contributed by atoms with van der Waals surface area (Å²) in [5.74, 6) is 0. The lowest BCUT2D eigenvalue weighted by Gasteiger charge is -2.19. The molecule has 1 nitrogen and oxygen atoms in total. The van der Waals surface area contributed by atoms with Crippen LogP contribution >= 0.6 is 11.6 Å². The summed E-state index contributed by atoms with van der Waals surface area (Å²) in [6.07, 6.45) is 0.885. The second kappa shape index (κ2) is 3.69. The van der Waals surface area contributed by atoms with Crippen LogP contribution in [0.1, 0.15) is 25.0 Å². The Morgan fingerprint density at radius 3 is 2.46 bits per heavy atom. The number of benzene rings is 1. The first kappa shape index (κ1) is 10.6. The van der Waals surface area contributed by atoms with Crippen molar-refractivity contribution < 1.29 is 0 Å². The first-order valence-corrected chi connectivity index (χ1v) is 4.80. The van der Waals surface area contributed by atoms with Crippen LogP contribution in [0.4, 0.5) is 0 Å². The molecular weight excluding hydrogens is 182 g/mol. The molecule has 1 aromatic rings. The van der Waals surface area contributed by atoms with Crippen LogP contribution in [0.25, 0.3) is 0 Å². The third-order valence-corrected chi connectivity index (χ3v) is 2.19. The summed E-state index contributed by atoms with van der Waals surface area (Å²) in [4.78, 5) is 0. The van der Waals surface area contributed by atoms with Crippen molar-refractivity contribution in [1.82, 2.24) is 0 Å². The van der Waals surface area contributed by atoms with Gasteiger partial charge in [0.05, 0.1) is 0 Å². The minimum atomic E-state index is -0.154. The number of hydrogen-bond donors (Lipinski definition) is 1. The minimum Gasteiger partial charge on any atom is -0.325 e. The van der Waals surface area contributed by atoms with Crippen molar-refractivity contribution in [2.75, 3.05) is 0 Å². The van der Waals surface area contributed by atoms with Crippen molar-refractivity contribution in [3.63, 3.8) is 0 Å². The molecule has 13 heavy (non-hydrogen) atoms. The summed E-state index contributed by atoms with van der Waals surface area (Å²) >= 11 is 5.86. The van der Waals surface area contributed by atoms with Crippen molar-refractivity contribution in [2.24, 2.45) is 5.73 Å². The van der Waals surface area contributed by atoms with Crippen molar-refractivity contribution in [3.8, 4) is 0 Å². The molecule has 0 saturated heterocycles. The maximum atomic E-state index is 5.94. The Bertz CT molecular complexity index is 299. The van der Waals surface area contributed by atoms with E-state index in [1.165, 1.54) is 11.1 Å². The van der Waals surface area contributed by atoms with Crippen molar-refractivity contribution in [2.45, 2.75) is 32.7 Å². The third-order valence-electron chi connectivity index (χ3n) is 1.95. The summed E-state index contributed by atoms with van der Waals surface area (Å²) in [5.41, 5.74) is 8.28. The van der Waals surface area contributed by atoms with Crippen molar-refractivity contribution in [1.29, 1.82) is 0 Å². The van der Waals surface area contributed by atoms with Gasteiger partial charge in [0.25, 0.3) is 0 Å². The zero-order chi connectivity index (χ0) is 10.1. The molecule has 72 valence electrons. The summed E-state index contributed by atoms with van der Waals surface area (Å²) in [6, 6.07) is 5.94. The molecule has 2 heteroatoms. The number of hydrogen-bond acceptors (Lipinski definition) is 1. The van der Waals surface area contributed by atoms with E-state index in [-0.39, 0.29) is 5.54 Å². The highest BCUT2D eigenvalue weighted by Gasteiger charge is 2.12. The topological polar surface area (TPSA) is 26.0 Å². The van der Waals surface area contributed by atoms with Gasteiger partial charge in [0, 0.05) is 10.6 Å². The highest BCUT2D eigenvalue weighted by Crippen LogP contribution is 2.18. The number of aryl methyl sites for hydroxylation is 1. The SMILES string of the molecule is Cc1cc(Cl)ccc1CC(C)(C)N. The molecule has 0 unspecified atom stereocenters. The van der Waals surface area contributed by atoms with E-state index in [4.69, 9.17) is 17.3 Å². The second-order valence-corrected chi connectivity index (χ2v) is 4.67. The zero-order valence-corrected chi connectivity index (χ0v) is 9.15. The average molecular weight is 198 g/mol. The van der Waals surface area contributed by atoms with Gasteiger partial charge in [-0.05, 0) is 50.5 Å². The van der Waals surface area contributed by atoms with Crippen LogP contribution in [0.5, 0.6) is 0 Å². The van der Waals surface area contributed by atoms with E-state index in [0.29, 0.717) is 0 Å². The maximum absolute atomic E-state index is 5.94. The van der Waals surface area contributed by atoms with Gasteiger partial charge in [-0.15, -0.1) is 0 Å². The second-order valence-electron chi connectivity index (χ2n) is 4.24. The van der Waals surface area contributed by atoms with Gasteiger partial charge < -0.3 is 5.73 Å². The first-order valence-electron chi connectivity index (χ1n) is 4.42. The highest BCUT2D eigenvalue weighted by molar-refractivity contribution is 6.30. The fourth-order valence-electron chi connectivity index (χ4n) is 1.35. The molecule has 2 N–H and O–H groups in total. The van der Waals surface area contributed by atoms with Gasteiger partial charge in [0.2, 0.25) is 0 Å². The lowest BCUT2D eigenvalue weighted by Crippen LogP contribution is -2.34. The van der Waals surface area contributed by atoms with Gasteiger partial charge in [-0.1, -0.05) is 17.7 Å². The number of nitrogens with two attached hydrogens (primary N) is 1. The first-order chi connectivity index (χ1) is 5.88. The molecule has 0 aliphatic carbocycles. The molecule has 0 fully saturated rings. The average Bonchev–Trinajstić information content (AvgIpc) is 1.93. The quantitative estimate of drug-likeness (QED) is 0.775. The van der Waals surface area contributed by atoms with Crippen LogP contribution in [0.2, 0.25) is 5.02 Å². The monoisotopic (exact) mass is 197 g/mol. The largest absolute Gasteiger partial charge is 0.325 e. The Morgan fingerprint density at radius 2 is 2.00 bits per heavy atom. The minimum absolute atomic E-state index is 0.154. The van der Waals surface area contributed by atoms with E-state index < -0.39 is 0 Å². The van der Waals surface area contributed by atoms with Crippen LogP contribution in [0.15, 0.2) is 18.2 Å². The molecule has 0 radical (unpaired) electrons. The van der Waals surface area contributed by atoms with E-state index in [2.05, 4.69) is 6.92 Å². The molecule has 0 aliphatic heterocycles. The van der Waals surface area contributed by atoms with Gasteiger partial charge in [0.15, 0.2) is 0 Å². The lowest BCUT2D eigenvalue weighted by molar-refractivity contribution is 0.515. The highest BCUT2D eigenvalue weighted by atomic mass is 35.5. The van der Waals surface area contributed by atoms with Gasteiger partial charge >= 0.3 is 0 Å². The molecule has 0 heterocycles. The predicted octanol–water partition coefficient (Wildman–Crippen LogP) is 2.93. The van der Waals surface area contributed by atoms with Crippen LogP contribution in [0, 0.1) is 6.92 Å². The summed E-state index contributed by atoms with van der Waals surface area (Å²) in [7, 11) is 0. The zero-order valence-electron chi connectivity index (χ0n) is 8.39. The number of halogens is 1. The normalized spacial score (nSPS) is 11.8. The summed E-state index contributed by atoms with van der Waals surface area (Å²) < 4.78 is 0. The fourth-order valence-corrected chi connectivity index (χ4v) is 1.58. The van der Waals surface area contributed by atoms with Gasteiger partial charge in [-0.25, -0.2) is 0 Å². The van der Waals surface area contributed by atoms with Gasteiger partial charge in [-0.3, -0.25) is 0 Å². The molecule has 0 saturated carbocycles. The van der Waals surface area contributed by atoms with E-state index in [1.807, 2.05) is 32.0 Å². The summed E-state index contributed by atoms with van der Waals surface area (Å²) in [6.45, 7) is 6.12. The van der Waals surface area contributed by atoms with Gasteiger partial charge in [-0.2, -0.15) is 0 Å². The van der Waals surface area contributed by atoms with E-state index in [1.54, 1.807) is 0 Å². The Labute approximate surface area is 84.9 Å². The summed E-state index contributed by atoms with van der Waals surface area (Å²) in [5, 5.41) is 0.788. The molecule has 1 aromatic carbocycles. The maximum Gasteiger partial charge on any atom is 0.0408 e. The molecule has 0 bridgehead atoms. The fraction of sp³-hybridized carbons (Fsp3) is 0.455. The molecule has 0 atom stereocenters. The van der Waals surface area contributed by atoms with Crippen LogP contribution in [0.3, 0.4) is 0 Å². The van der Waals surface area contributed by atoms with Crippen molar-refractivity contribution in [3.05, 3.63) is 34.3 Å². The molecular formula is C11H16ClN. The Hall–Kier alpha value is -0.530. The lowest BCUT2D eigenvalue weighted by atomic mass is 9.93. The molecule has 0 aromatic heterocycles. The van der Waals surface area contributed by atoms with Gasteiger partial charge in [0.1, 0.15) is 0 Å². The van der Waals surface area contributed by atoms with Crippen molar-refractivity contribution >= 4 is 11.6 Å². The Morgan fingerprint density at radius 1 is 1.38 bits per heavy atom. The van der Waals surface area contributed by atoms with E-state index in [9.17, 15) is 0 Å². The number of rotatable bonds is 2. The Balaban J connectivity index is 2.90. The predicted molar refractivity (Wildman–Crippen MR) is 58.2 cm³/mol. The van der Waals surface area contributed by atoms with Crippen LogP contribution < -0.4 is 5.73 Å².